The summed E-state index contributed by atoms with van der Waals surface area (Å²) < 4.78 is 16.9. The third-order valence-electron chi connectivity index (χ3n) is 13.5. The molecule has 380 valence electrons. The van der Waals surface area contributed by atoms with E-state index in [4.69, 9.17) is 14.2 Å². The van der Waals surface area contributed by atoms with Crippen LogP contribution in [-0.4, -0.2) is 37.2 Å². The molecule has 6 heteroatoms. The normalized spacial score (nSPS) is 12.6. The first-order valence-electron chi connectivity index (χ1n) is 28.6. The summed E-state index contributed by atoms with van der Waals surface area (Å²) >= 11 is 0. The highest BCUT2D eigenvalue weighted by molar-refractivity contribution is 5.71. The van der Waals surface area contributed by atoms with Gasteiger partial charge in [0.05, 0.1) is 0 Å². The first kappa shape index (κ1) is 62.4. The first-order valence-corrected chi connectivity index (χ1v) is 28.6. The maximum absolute atomic E-state index is 12.8. The highest BCUT2D eigenvalue weighted by Gasteiger charge is 2.19. The predicted octanol–water partition coefficient (Wildman–Crippen LogP) is 18.7. The van der Waals surface area contributed by atoms with Crippen LogP contribution < -0.4 is 0 Å². The third kappa shape index (κ3) is 49.8. The molecule has 0 fully saturated rings. The second kappa shape index (κ2) is 49.3. The summed E-state index contributed by atoms with van der Waals surface area (Å²) in [6.07, 6.45) is 50.9. The van der Waals surface area contributed by atoms with Gasteiger partial charge >= 0.3 is 17.9 Å². The van der Waals surface area contributed by atoms with Crippen LogP contribution in [0.1, 0.15) is 318 Å². The highest BCUT2D eigenvalue weighted by atomic mass is 16.6. The van der Waals surface area contributed by atoms with Crippen LogP contribution >= 0.6 is 0 Å². The van der Waals surface area contributed by atoms with Gasteiger partial charge in [-0.3, -0.25) is 14.4 Å². The van der Waals surface area contributed by atoms with E-state index in [0.29, 0.717) is 19.3 Å². The van der Waals surface area contributed by atoms with E-state index < -0.39 is 6.10 Å². The molecule has 0 aliphatic rings. The van der Waals surface area contributed by atoms with Crippen molar-refractivity contribution in [2.45, 2.75) is 324 Å². The van der Waals surface area contributed by atoms with Crippen LogP contribution in [0.3, 0.4) is 0 Å². The zero-order chi connectivity index (χ0) is 47.0. The minimum absolute atomic E-state index is 0.0639. The van der Waals surface area contributed by atoms with E-state index in [-0.39, 0.29) is 31.1 Å². The monoisotopic (exact) mass is 905 g/mol. The van der Waals surface area contributed by atoms with Crippen molar-refractivity contribution < 1.29 is 28.6 Å². The molecule has 0 aliphatic carbocycles. The van der Waals surface area contributed by atoms with E-state index >= 15 is 0 Å². The number of hydrogen-bond donors (Lipinski definition) is 0. The summed E-state index contributed by atoms with van der Waals surface area (Å²) in [5, 5.41) is 0. The van der Waals surface area contributed by atoms with Gasteiger partial charge in [-0.2, -0.15) is 0 Å². The zero-order valence-corrected chi connectivity index (χ0v) is 44.1. The average Bonchev–Trinajstić information content (AvgIpc) is 3.27. The summed E-state index contributed by atoms with van der Waals surface area (Å²) in [5.41, 5.74) is 0. The van der Waals surface area contributed by atoms with Gasteiger partial charge in [-0.1, -0.05) is 279 Å². The number of rotatable bonds is 51. The van der Waals surface area contributed by atoms with Crippen molar-refractivity contribution in [3.05, 3.63) is 0 Å². The van der Waals surface area contributed by atoms with Crippen molar-refractivity contribution in [2.75, 3.05) is 13.2 Å². The summed E-state index contributed by atoms with van der Waals surface area (Å²) in [4.78, 5) is 38.1. The lowest BCUT2D eigenvalue weighted by Crippen LogP contribution is -2.30. The van der Waals surface area contributed by atoms with E-state index in [9.17, 15) is 14.4 Å². The van der Waals surface area contributed by atoms with Gasteiger partial charge in [0, 0.05) is 19.3 Å². The number of esters is 3. The van der Waals surface area contributed by atoms with Crippen molar-refractivity contribution >= 4 is 17.9 Å². The Kier molecular flexibility index (Phi) is 48.1. The van der Waals surface area contributed by atoms with Gasteiger partial charge in [0.2, 0.25) is 0 Å². The van der Waals surface area contributed by atoms with E-state index in [2.05, 4.69) is 41.5 Å². The molecule has 0 aromatic rings. The Balaban J connectivity index is 4.27. The van der Waals surface area contributed by atoms with Crippen molar-refractivity contribution in [3.8, 4) is 0 Å². The Morgan fingerprint density at radius 3 is 0.812 bits per heavy atom. The van der Waals surface area contributed by atoms with Crippen LogP contribution in [0.15, 0.2) is 0 Å². The van der Waals surface area contributed by atoms with E-state index in [1.165, 1.54) is 199 Å². The lowest BCUT2D eigenvalue weighted by Gasteiger charge is -2.18. The molecule has 0 bridgehead atoms. The van der Waals surface area contributed by atoms with Gasteiger partial charge in [0.1, 0.15) is 13.2 Å². The van der Waals surface area contributed by atoms with Gasteiger partial charge in [0.15, 0.2) is 6.10 Å². The van der Waals surface area contributed by atoms with Gasteiger partial charge in [0.25, 0.3) is 0 Å². The number of carbonyl (C=O) groups is 3. The topological polar surface area (TPSA) is 78.9 Å². The van der Waals surface area contributed by atoms with Gasteiger partial charge in [-0.25, -0.2) is 0 Å². The van der Waals surface area contributed by atoms with Crippen LogP contribution in [-0.2, 0) is 28.6 Å². The fourth-order valence-corrected chi connectivity index (χ4v) is 8.79. The molecule has 0 aromatic carbocycles. The predicted molar refractivity (Wildman–Crippen MR) is 275 cm³/mol. The fourth-order valence-electron chi connectivity index (χ4n) is 8.79. The lowest BCUT2D eigenvalue weighted by molar-refractivity contribution is -0.167. The van der Waals surface area contributed by atoms with Crippen molar-refractivity contribution in [1.82, 2.24) is 0 Å². The lowest BCUT2D eigenvalue weighted by atomic mass is 9.99. The number of unbranched alkanes of at least 4 members (excludes halogenated alkanes) is 33. The molecule has 0 amide bonds. The molecule has 0 N–H and O–H groups in total. The number of carbonyl (C=O) groups excluding carboxylic acids is 3. The molecule has 0 heterocycles. The van der Waals surface area contributed by atoms with E-state index in [0.717, 1.165) is 75.5 Å². The molecule has 0 saturated carbocycles. The smallest absolute Gasteiger partial charge is 0.306 e. The molecule has 2 atom stereocenters. The molecule has 64 heavy (non-hydrogen) atoms. The Hall–Kier alpha value is -1.59. The van der Waals surface area contributed by atoms with Crippen molar-refractivity contribution in [1.29, 1.82) is 0 Å². The maximum Gasteiger partial charge on any atom is 0.306 e. The van der Waals surface area contributed by atoms with Crippen LogP contribution in [0.25, 0.3) is 0 Å². The minimum Gasteiger partial charge on any atom is -0.462 e. The fraction of sp³-hybridized carbons (Fsp3) is 0.948. The second-order valence-electron chi connectivity index (χ2n) is 21.1. The molecule has 0 aliphatic heterocycles. The Labute approximate surface area is 399 Å². The molecule has 0 saturated heterocycles. The maximum atomic E-state index is 12.8. The van der Waals surface area contributed by atoms with Gasteiger partial charge < -0.3 is 14.2 Å². The quantitative estimate of drug-likeness (QED) is 0.0344. The SMILES string of the molecule is CCC(C)CCCCCCCCCCCCCCCCC(=O)OC[C@@H](COC(=O)CCCCCCCCCCC(C)C)OC(=O)CCCCCCCCCCCCCCCCC(C)C. The van der Waals surface area contributed by atoms with E-state index in [1.807, 2.05) is 0 Å². The molecule has 0 aromatic heterocycles. The van der Waals surface area contributed by atoms with Crippen LogP contribution in [0, 0.1) is 17.8 Å². The molecule has 0 spiro atoms. The number of ether oxygens (including phenoxy) is 3. The van der Waals surface area contributed by atoms with Crippen molar-refractivity contribution in [2.24, 2.45) is 17.8 Å². The largest absolute Gasteiger partial charge is 0.462 e. The number of hydrogen-bond acceptors (Lipinski definition) is 6. The Morgan fingerprint density at radius 1 is 0.312 bits per heavy atom. The van der Waals surface area contributed by atoms with Crippen LogP contribution in [0.4, 0.5) is 0 Å². The van der Waals surface area contributed by atoms with Crippen LogP contribution in [0.2, 0.25) is 0 Å². The average molecular weight is 906 g/mol. The molecule has 1 unspecified atom stereocenters. The standard InChI is InChI=1S/C58H112O6/c1-7-54(6)46-40-34-28-21-17-13-9-11-14-18-22-29-35-41-47-56(59)62-50-55(51-63-57(60)48-42-36-30-25-24-27-33-39-45-53(4)5)64-58(61)49-43-37-31-23-19-15-10-8-12-16-20-26-32-38-44-52(2)3/h52-55H,7-51H2,1-6H3/t54?,55-/m0/s1. The first-order chi connectivity index (χ1) is 31.1. The third-order valence-corrected chi connectivity index (χ3v) is 13.5. The summed E-state index contributed by atoms with van der Waals surface area (Å²) in [5.74, 6) is 1.69. The Morgan fingerprint density at radius 2 is 0.547 bits per heavy atom. The minimum atomic E-state index is -0.763. The molecular formula is C58H112O6. The zero-order valence-electron chi connectivity index (χ0n) is 44.1. The molecule has 0 rings (SSSR count). The van der Waals surface area contributed by atoms with Gasteiger partial charge in [-0.15, -0.1) is 0 Å². The summed E-state index contributed by atoms with van der Waals surface area (Å²) in [6.45, 7) is 13.8. The molecular weight excluding hydrogens is 793 g/mol. The molecule has 6 nitrogen and oxygen atoms in total. The van der Waals surface area contributed by atoms with Gasteiger partial charge in [-0.05, 0) is 37.0 Å². The van der Waals surface area contributed by atoms with Crippen molar-refractivity contribution in [3.63, 3.8) is 0 Å². The van der Waals surface area contributed by atoms with E-state index in [1.54, 1.807) is 0 Å². The highest BCUT2D eigenvalue weighted by Crippen LogP contribution is 2.19. The second-order valence-corrected chi connectivity index (χ2v) is 21.1. The molecule has 0 radical (unpaired) electrons. The summed E-state index contributed by atoms with van der Waals surface area (Å²) in [6, 6.07) is 0. The summed E-state index contributed by atoms with van der Waals surface area (Å²) in [7, 11) is 0. The van der Waals surface area contributed by atoms with Crippen LogP contribution in [0.5, 0.6) is 0 Å². The Bertz CT molecular complexity index is 993.